The van der Waals surface area contributed by atoms with E-state index < -0.39 is 21.6 Å². The maximum absolute atomic E-state index is 12.4. The number of aliphatic hydroxyl groups is 1. The standard InChI is InChI=1S/C13H17NO5S/c1-13(17)6-8-14(9-7-13)20(18,19)11-4-2-10(3-5-11)12(15)16/h2-5,17H,6-9H2,1H3,(H,15,16). The zero-order valence-electron chi connectivity index (χ0n) is 11.1. The lowest BCUT2D eigenvalue weighted by Crippen LogP contribution is -2.45. The summed E-state index contributed by atoms with van der Waals surface area (Å²) in [7, 11) is -3.63. The molecule has 0 amide bonds. The monoisotopic (exact) mass is 299 g/mol. The second-order valence-corrected chi connectivity index (χ2v) is 7.17. The number of carboxylic acids is 1. The molecular formula is C13H17NO5S. The van der Waals surface area contributed by atoms with E-state index in [4.69, 9.17) is 5.11 Å². The summed E-state index contributed by atoms with van der Waals surface area (Å²) < 4.78 is 26.1. The van der Waals surface area contributed by atoms with Gasteiger partial charge in [-0.1, -0.05) is 0 Å². The molecule has 0 aromatic heterocycles. The lowest BCUT2D eigenvalue weighted by atomic mass is 9.95. The molecule has 2 N–H and O–H groups in total. The Labute approximate surface area is 117 Å². The van der Waals surface area contributed by atoms with Crippen molar-refractivity contribution < 1.29 is 23.4 Å². The van der Waals surface area contributed by atoms with Crippen LogP contribution >= 0.6 is 0 Å². The minimum Gasteiger partial charge on any atom is -0.478 e. The largest absolute Gasteiger partial charge is 0.478 e. The highest BCUT2D eigenvalue weighted by molar-refractivity contribution is 7.89. The maximum Gasteiger partial charge on any atom is 0.335 e. The number of rotatable bonds is 3. The van der Waals surface area contributed by atoms with Crippen molar-refractivity contribution in [2.45, 2.75) is 30.3 Å². The molecule has 1 heterocycles. The lowest BCUT2D eigenvalue weighted by Gasteiger charge is -2.34. The van der Waals surface area contributed by atoms with Crippen LogP contribution in [0, 0.1) is 0 Å². The second-order valence-electron chi connectivity index (χ2n) is 5.23. The highest BCUT2D eigenvalue weighted by Gasteiger charge is 2.33. The third-order valence-electron chi connectivity index (χ3n) is 3.54. The number of nitrogens with zero attached hydrogens (tertiary/aromatic N) is 1. The van der Waals surface area contributed by atoms with Gasteiger partial charge in [0.15, 0.2) is 0 Å². The molecule has 1 aliphatic rings. The number of carbonyl (C=O) groups is 1. The lowest BCUT2D eigenvalue weighted by molar-refractivity contribution is 0.0126. The van der Waals surface area contributed by atoms with Gasteiger partial charge in [-0.25, -0.2) is 13.2 Å². The smallest absolute Gasteiger partial charge is 0.335 e. The molecule has 1 aromatic rings. The van der Waals surface area contributed by atoms with Crippen LogP contribution in [0.5, 0.6) is 0 Å². The summed E-state index contributed by atoms with van der Waals surface area (Å²) in [6.07, 6.45) is 0.777. The molecule has 1 aromatic carbocycles. The summed E-state index contributed by atoms with van der Waals surface area (Å²) in [5.41, 5.74) is -0.773. The molecule has 0 radical (unpaired) electrons. The van der Waals surface area contributed by atoms with Crippen LogP contribution in [0.1, 0.15) is 30.1 Å². The minimum absolute atomic E-state index is 0.0468. The van der Waals surface area contributed by atoms with E-state index in [9.17, 15) is 18.3 Å². The Morgan fingerprint density at radius 2 is 1.70 bits per heavy atom. The Morgan fingerprint density at radius 3 is 2.15 bits per heavy atom. The van der Waals surface area contributed by atoms with Gasteiger partial charge in [0.25, 0.3) is 0 Å². The molecule has 1 aliphatic heterocycles. The van der Waals surface area contributed by atoms with Gasteiger partial charge in [0.2, 0.25) is 10.0 Å². The Balaban J connectivity index is 2.20. The highest BCUT2D eigenvalue weighted by Crippen LogP contribution is 2.26. The number of sulfonamides is 1. The van der Waals surface area contributed by atoms with E-state index in [1.54, 1.807) is 6.92 Å². The summed E-state index contributed by atoms with van der Waals surface area (Å²) in [5, 5.41) is 18.6. The number of carboxylic acid groups (broad SMARTS) is 1. The summed E-state index contributed by atoms with van der Waals surface area (Å²) in [6, 6.07) is 5.14. The zero-order valence-corrected chi connectivity index (χ0v) is 11.9. The molecule has 0 bridgehead atoms. The van der Waals surface area contributed by atoms with Gasteiger partial charge in [0.1, 0.15) is 0 Å². The number of benzene rings is 1. The maximum atomic E-state index is 12.4. The van der Waals surface area contributed by atoms with Gasteiger partial charge in [0.05, 0.1) is 16.1 Å². The van der Waals surface area contributed by atoms with E-state index in [1.165, 1.54) is 28.6 Å². The van der Waals surface area contributed by atoms with Crippen LogP contribution in [0.2, 0.25) is 0 Å². The Hall–Kier alpha value is -1.44. The van der Waals surface area contributed by atoms with Gasteiger partial charge >= 0.3 is 5.97 Å². The van der Waals surface area contributed by atoms with Crippen LogP contribution in [0.15, 0.2) is 29.2 Å². The predicted octanol–water partition coefficient (Wildman–Crippen LogP) is 0.920. The van der Waals surface area contributed by atoms with Crippen molar-refractivity contribution in [2.24, 2.45) is 0 Å². The normalized spacial score (nSPS) is 19.7. The van der Waals surface area contributed by atoms with Gasteiger partial charge in [-0.15, -0.1) is 0 Å². The Kier molecular flexibility index (Phi) is 3.86. The molecule has 0 saturated carbocycles. The second kappa shape index (κ2) is 5.16. The van der Waals surface area contributed by atoms with Crippen molar-refractivity contribution in [1.29, 1.82) is 0 Å². The average Bonchev–Trinajstić information content (AvgIpc) is 2.38. The van der Waals surface area contributed by atoms with E-state index in [1.807, 2.05) is 0 Å². The molecule has 20 heavy (non-hydrogen) atoms. The summed E-state index contributed by atoms with van der Waals surface area (Å²) >= 11 is 0. The van der Waals surface area contributed by atoms with Crippen molar-refractivity contribution in [3.05, 3.63) is 29.8 Å². The molecule has 0 unspecified atom stereocenters. The molecule has 7 heteroatoms. The highest BCUT2D eigenvalue weighted by atomic mass is 32.2. The first-order valence-corrected chi connectivity index (χ1v) is 7.72. The molecular weight excluding hydrogens is 282 g/mol. The molecule has 0 spiro atoms. The molecule has 0 atom stereocenters. The van der Waals surface area contributed by atoms with E-state index in [0.717, 1.165) is 0 Å². The quantitative estimate of drug-likeness (QED) is 0.865. The van der Waals surface area contributed by atoms with Crippen LogP contribution in [0.4, 0.5) is 0 Å². The molecule has 6 nitrogen and oxygen atoms in total. The van der Waals surface area contributed by atoms with Gasteiger partial charge in [-0.2, -0.15) is 4.31 Å². The molecule has 2 rings (SSSR count). The molecule has 0 aliphatic carbocycles. The first-order chi connectivity index (χ1) is 9.22. The van der Waals surface area contributed by atoms with E-state index >= 15 is 0 Å². The molecule has 110 valence electrons. The van der Waals surface area contributed by atoms with Gasteiger partial charge < -0.3 is 10.2 Å². The topological polar surface area (TPSA) is 94.9 Å². The van der Waals surface area contributed by atoms with Crippen molar-refractivity contribution in [3.8, 4) is 0 Å². The summed E-state index contributed by atoms with van der Waals surface area (Å²) in [4.78, 5) is 10.8. The number of aromatic carboxylic acids is 1. The SMILES string of the molecule is CC1(O)CCN(S(=O)(=O)c2ccc(C(=O)O)cc2)CC1. The van der Waals surface area contributed by atoms with Crippen LogP contribution < -0.4 is 0 Å². The molecule has 1 saturated heterocycles. The zero-order chi connectivity index (χ0) is 15.0. The number of hydrogen-bond acceptors (Lipinski definition) is 4. The fraction of sp³-hybridized carbons (Fsp3) is 0.462. The molecule has 1 fully saturated rings. The first kappa shape index (κ1) is 15.0. The van der Waals surface area contributed by atoms with Gasteiger partial charge in [-0.3, -0.25) is 0 Å². The fourth-order valence-electron chi connectivity index (χ4n) is 2.13. The van der Waals surface area contributed by atoms with E-state index in [-0.39, 0.29) is 23.5 Å². The van der Waals surface area contributed by atoms with E-state index in [2.05, 4.69) is 0 Å². The summed E-state index contributed by atoms with van der Waals surface area (Å²) in [5.74, 6) is -1.09. The predicted molar refractivity (Wildman–Crippen MR) is 72.0 cm³/mol. The van der Waals surface area contributed by atoms with Gasteiger partial charge in [0, 0.05) is 13.1 Å². The van der Waals surface area contributed by atoms with Crippen molar-refractivity contribution in [3.63, 3.8) is 0 Å². The van der Waals surface area contributed by atoms with Gasteiger partial charge in [-0.05, 0) is 44.0 Å². The Bertz CT molecular complexity index is 596. The Morgan fingerprint density at radius 1 is 1.20 bits per heavy atom. The van der Waals surface area contributed by atoms with E-state index in [0.29, 0.717) is 12.8 Å². The van der Waals surface area contributed by atoms with Crippen molar-refractivity contribution in [1.82, 2.24) is 4.31 Å². The van der Waals surface area contributed by atoms with Crippen LogP contribution in [-0.2, 0) is 10.0 Å². The third kappa shape index (κ3) is 3.00. The fourth-order valence-corrected chi connectivity index (χ4v) is 3.57. The minimum atomic E-state index is -3.63. The number of hydrogen-bond donors (Lipinski definition) is 2. The van der Waals surface area contributed by atoms with Crippen molar-refractivity contribution in [2.75, 3.05) is 13.1 Å². The van der Waals surface area contributed by atoms with Crippen LogP contribution in [0.25, 0.3) is 0 Å². The number of piperidine rings is 1. The summed E-state index contributed by atoms with van der Waals surface area (Å²) in [6.45, 7) is 2.21. The van der Waals surface area contributed by atoms with Crippen LogP contribution in [-0.4, -0.2) is 47.6 Å². The average molecular weight is 299 g/mol. The van der Waals surface area contributed by atoms with Crippen LogP contribution in [0.3, 0.4) is 0 Å². The first-order valence-electron chi connectivity index (χ1n) is 6.28. The van der Waals surface area contributed by atoms with Crippen molar-refractivity contribution >= 4 is 16.0 Å². The third-order valence-corrected chi connectivity index (χ3v) is 5.45.